The maximum atomic E-state index is 12.9. The maximum Gasteiger partial charge on any atom is 0.270 e. The fraction of sp³-hybridized carbons (Fsp3) is 0.136. The van der Waals surface area contributed by atoms with Crippen LogP contribution in [-0.2, 0) is 13.6 Å². The van der Waals surface area contributed by atoms with Crippen LogP contribution in [0.15, 0.2) is 67.1 Å². The second-order valence-corrected chi connectivity index (χ2v) is 6.96. The van der Waals surface area contributed by atoms with Crippen LogP contribution in [-0.4, -0.2) is 31.8 Å². The van der Waals surface area contributed by atoms with Crippen molar-refractivity contribution in [2.75, 3.05) is 11.9 Å². The van der Waals surface area contributed by atoms with E-state index >= 15 is 0 Å². The van der Waals surface area contributed by atoms with Crippen LogP contribution in [0, 0.1) is 0 Å². The van der Waals surface area contributed by atoms with Crippen molar-refractivity contribution in [3.63, 3.8) is 0 Å². The Morgan fingerprint density at radius 3 is 2.55 bits per heavy atom. The third-order valence-electron chi connectivity index (χ3n) is 5.07. The van der Waals surface area contributed by atoms with Gasteiger partial charge < -0.3 is 15.2 Å². The van der Waals surface area contributed by atoms with Crippen molar-refractivity contribution in [3.8, 4) is 22.5 Å². The molecule has 0 fully saturated rings. The second-order valence-electron chi connectivity index (χ2n) is 6.96. The minimum atomic E-state index is -0.0906. The largest absolute Gasteiger partial charge is 0.353 e. The van der Waals surface area contributed by atoms with Gasteiger partial charge in [0.2, 0.25) is 0 Å². The molecule has 0 bridgehead atoms. The fourth-order valence-electron chi connectivity index (χ4n) is 3.84. The molecule has 0 radical (unpaired) electrons. The van der Waals surface area contributed by atoms with Gasteiger partial charge in [-0.1, -0.05) is 18.2 Å². The summed E-state index contributed by atoms with van der Waals surface area (Å²) in [5.74, 6) is -0.0906. The Balaban J connectivity index is 1.83. The number of nitrogens with zero attached hydrogens (tertiary/aromatic N) is 4. The summed E-state index contributed by atoms with van der Waals surface area (Å²) in [4.78, 5) is 17.1. The quantitative estimate of drug-likeness (QED) is 0.565. The molecule has 0 saturated heterocycles. The first kappa shape index (κ1) is 17.2. The lowest BCUT2D eigenvalue weighted by Gasteiger charge is -2.19. The molecule has 29 heavy (non-hydrogen) atoms. The van der Waals surface area contributed by atoms with Gasteiger partial charge in [-0.15, -0.1) is 0 Å². The highest BCUT2D eigenvalue weighted by atomic mass is 16.2. The highest BCUT2D eigenvalue weighted by Crippen LogP contribution is 2.44. The number of para-hydroxylation sites is 1. The van der Waals surface area contributed by atoms with Crippen LogP contribution in [0.5, 0.6) is 0 Å². The smallest absolute Gasteiger partial charge is 0.270 e. The van der Waals surface area contributed by atoms with Crippen molar-refractivity contribution in [3.05, 3.63) is 72.8 Å². The molecule has 144 valence electrons. The topological polar surface area (TPSA) is 76.8 Å². The highest BCUT2D eigenvalue weighted by molar-refractivity contribution is 6.07. The first-order valence-corrected chi connectivity index (χ1v) is 9.49. The van der Waals surface area contributed by atoms with Crippen molar-refractivity contribution in [2.24, 2.45) is 7.05 Å². The summed E-state index contributed by atoms with van der Waals surface area (Å²) < 4.78 is 3.85. The van der Waals surface area contributed by atoms with E-state index in [0.717, 1.165) is 33.9 Å². The molecular formula is C22H20N6O. The number of anilines is 2. The van der Waals surface area contributed by atoms with Crippen LogP contribution in [0.2, 0.25) is 0 Å². The molecule has 7 nitrogen and oxygen atoms in total. The molecule has 3 aromatic heterocycles. The number of carbonyl (C=O) groups excluding carboxylic acids is 1. The zero-order chi connectivity index (χ0) is 19.8. The normalized spacial score (nSPS) is 13.1. The van der Waals surface area contributed by atoms with Gasteiger partial charge in [0.1, 0.15) is 11.4 Å². The lowest BCUT2D eigenvalue weighted by Crippen LogP contribution is -2.35. The van der Waals surface area contributed by atoms with Crippen LogP contribution in [0.3, 0.4) is 0 Å². The minimum absolute atomic E-state index is 0.0906. The SMILES string of the molecule is Cn1ccc(-c2c(-c3ccncc3)c(Nc3ccccc3)c3n2CCNC3=O)n1. The van der Waals surface area contributed by atoms with E-state index in [4.69, 9.17) is 0 Å². The second kappa shape index (κ2) is 6.94. The van der Waals surface area contributed by atoms with Crippen molar-refractivity contribution in [1.82, 2.24) is 24.6 Å². The number of fused-ring (bicyclic) bond motifs is 1. The molecule has 1 aromatic carbocycles. The predicted molar refractivity (Wildman–Crippen MR) is 112 cm³/mol. The number of carbonyl (C=O) groups is 1. The average molecular weight is 384 g/mol. The Morgan fingerprint density at radius 2 is 1.83 bits per heavy atom. The van der Waals surface area contributed by atoms with E-state index in [2.05, 4.69) is 25.3 Å². The number of amides is 1. The van der Waals surface area contributed by atoms with E-state index in [0.29, 0.717) is 18.8 Å². The van der Waals surface area contributed by atoms with E-state index in [1.165, 1.54) is 0 Å². The third kappa shape index (κ3) is 2.97. The monoisotopic (exact) mass is 384 g/mol. The molecule has 1 aliphatic rings. The Morgan fingerprint density at radius 1 is 1.03 bits per heavy atom. The Kier molecular flexibility index (Phi) is 4.13. The zero-order valence-corrected chi connectivity index (χ0v) is 16.0. The molecule has 0 spiro atoms. The number of aryl methyl sites for hydroxylation is 1. The number of pyridine rings is 1. The van der Waals surface area contributed by atoms with Gasteiger partial charge in [0.05, 0.1) is 11.4 Å². The lowest BCUT2D eigenvalue weighted by atomic mass is 10.0. The molecule has 0 atom stereocenters. The van der Waals surface area contributed by atoms with Gasteiger partial charge in [0.25, 0.3) is 5.91 Å². The molecule has 5 rings (SSSR count). The van der Waals surface area contributed by atoms with Crippen molar-refractivity contribution in [1.29, 1.82) is 0 Å². The van der Waals surface area contributed by atoms with Crippen LogP contribution in [0.1, 0.15) is 10.5 Å². The first-order valence-electron chi connectivity index (χ1n) is 9.49. The molecule has 4 aromatic rings. The summed E-state index contributed by atoms with van der Waals surface area (Å²) in [6.07, 6.45) is 5.44. The minimum Gasteiger partial charge on any atom is -0.353 e. The van der Waals surface area contributed by atoms with Gasteiger partial charge in [-0.3, -0.25) is 14.5 Å². The van der Waals surface area contributed by atoms with Crippen LogP contribution < -0.4 is 10.6 Å². The Labute approximate surface area is 168 Å². The number of hydrogen-bond donors (Lipinski definition) is 2. The molecule has 7 heteroatoms. The summed E-state index contributed by atoms with van der Waals surface area (Å²) in [6.45, 7) is 1.27. The summed E-state index contributed by atoms with van der Waals surface area (Å²) >= 11 is 0. The van der Waals surface area contributed by atoms with Crippen molar-refractivity contribution < 1.29 is 4.79 Å². The summed E-state index contributed by atoms with van der Waals surface area (Å²) in [5.41, 5.74) is 6.00. The van der Waals surface area contributed by atoms with Gasteiger partial charge in [0.15, 0.2) is 0 Å². The maximum absolute atomic E-state index is 12.9. The van der Waals surface area contributed by atoms with E-state index in [1.54, 1.807) is 17.1 Å². The molecule has 1 amide bonds. The predicted octanol–water partition coefficient (Wildman–Crippen LogP) is 3.44. The molecule has 0 unspecified atom stereocenters. The highest BCUT2D eigenvalue weighted by Gasteiger charge is 2.31. The van der Waals surface area contributed by atoms with Gasteiger partial charge in [-0.05, 0) is 35.9 Å². The molecule has 4 heterocycles. The molecule has 1 aliphatic heterocycles. The van der Waals surface area contributed by atoms with Crippen LogP contribution in [0.4, 0.5) is 11.4 Å². The van der Waals surface area contributed by atoms with Gasteiger partial charge >= 0.3 is 0 Å². The van der Waals surface area contributed by atoms with E-state index in [-0.39, 0.29) is 5.91 Å². The van der Waals surface area contributed by atoms with E-state index < -0.39 is 0 Å². The third-order valence-corrected chi connectivity index (χ3v) is 5.07. The standard InChI is InChI=1S/C22H20N6O/c1-27-13-9-17(26-27)20-18(15-7-10-23-11-8-15)19(25-16-5-3-2-4-6-16)21-22(29)24-12-14-28(20)21/h2-11,13,25H,12,14H2,1H3,(H,24,29). The number of benzene rings is 1. The summed E-state index contributed by atoms with van der Waals surface area (Å²) in [5, 5.41) is 11.1. The van der Waals surface area contributed by atoms with Gasteiger partial charge in [-0.25, -0.2) is 0 Å². The number of aromatic nitrogens is 4. The van der Waals surface area contributed by atoms with Crippen molar-refractivity contribution in [2.45, 2.75) is 6.54 Å². The Bertz CT molecular complexity index is 1180. The van der Waals surface area contributed by atoms with Crippen LogP contribution >= 0.6 is 0 Å². The van der Waals surface area contributed by atoms with Crippen molar-refractivity contribution >= 4 is 17.3 Å². The first-order chi connectivity index (χ1) is 14.2. The zero-order valence-electron chi connectivity index (χ0n) is 16.0. The number of nitrogens with one attached hydrogen (secondary N) is 2. The molecule has 0 saturated carbocycles. The summed E-state index contributed by atoms with van der Waals surface area (Å²) in [6, 6.07) is 15.8. The Hall–Kier alpha value is -3.87. The van der Waals surface area contributed by atoms with Gasteiger partial charge in [0, 0.05) is 50.0 Å². The van der Waals surface area contributed by atoms with Crippen LogP contribution in [0.25, 0.3) is 22.5 Å². The lowest BCUT2D eigenvalue weighted by molar-refractivity contribution is 0.0929. The fourth-order valence-corrected chi connectivity index (χ4v) is 3.84. The number of rotatable bonds is 4. The van der Waals surface area contributed by atoms with E-state index in [9.17, 15) is 4.79 Å². The van der Waals surface area contributed by atoms with E-state index in [1.807, 2.05) is 61.8 Å². The summed E-state index contributed by atoms with van der Waals surface area (Å²) in [7, 11) is 1.89. The molecular weight excluding hydrogens is 364 g/mol. The average Bonchev–Trinajstić information content (AvgIpc) is 3.31. The molecule has 0 aliphatic carbocycles. The molecule has 2 N–H and O–H groups in total. The van der Waals surface area contributed by atoms with Gasteiger partial charge in [-0.2, -0.15) is 5.10 Å². The number of hydrogen-bond acceptors (Lipinski definition) is 4.